The molecular weight excluding hydrogens is 254 g/mol. The SMILES string of the molecule is Cn1cc(S(=O)(=O)N2CCCOCC2)cc1CN. The zero-order valence-electron chi connectivity index (χ0n) is 10.5. The summed E-state index contributed by atoms with van der Waals surface area (Å²) >= 11 is 0. The van der Waals surface area contributed by atoms with Crippen molar-refractivity contribution in [1.82, 2.24) is 8.87 Å². The first kappa shape index (κ1) is 13.5. The lowest BCUT2D eigenvalue weighted by molar-refractivity contribution is 0.148. The first-order valence-electron chi connectivity index (χ1n) is 5.99. The Morgan fingerprint density at radius 1 is 1.39 bits per heavy atom. The first-order valence-corrected chi connectivity index (χ1v) is 7.43. The van der Waals surface area contributed by atoms with Crippen molar-refractivity contribution in [3.63, 3.8) is 0 Å². The minimum absolute atomic E-state index is 0.312. The fourth-order valence-electron chi connectivity index (χ4n) is 2.03. The van der Waals surface area contributed by atoms with Gasteiger partial charge in [-0.1, -0.05) is 0 Å². The average Bonchev–Trinajstić information content (AvgIpc) is 2.55. The van der Waals surface area contributed by atoms with E-state index in [1.54, 1.807) is 23.9 Å². The molecule has 0 radical (unpaired) electrons. The van der Waals surface area contributed by atoms with Gasteiger partial charge < -0.3 is 15.0 Å². The summed E-state index contributed by atoms with van der Waals surface area (Å²) in [6.45, 7) is 2.32. The van der Waals surface area contributed by atoms with Crippen LogP contribution in [0.2, 0.25) is 0 Å². The summed E-state index contributed by atoms with van der Waals surface area (Å²) in [5.41, 5.74) is 6.37. The van der Waals surface area contributed by atoms with Crippen molar-refractivity contribution < 1.29 is 13.2 Å². The number of nitrogens with zero attached hydrogens (tertiary/aromatic N) is 2. The van der Waals surface area contributed by atoms with Gasteiger partial charge in [-0.2, -0.15) is 4.31 Å². The zero-order chi connectivity index (χ0) is 13.2. The Hall–Kier alpha value is -0.890. The third-order valence-corrected chi connectivity index (χ3v) is 4.97. The molecule has 0 saturated carbocycles. The van der Waals surface area contributed by atoms with Crippen LogP contribution in [-0.4, -0.2) is 43.6 Å². The lowest BCUT2D eigenvalue weighted by Crippen LogP contribution is -2.33. The van der Waals surface area contributed by atoms with Gasteiger partial charge in [0.25, 0.3) is 0 Å². The topological polar surface area (TPSA) is 77.6 Å². The maximum atomic E-state index is 12.4. The Morgan fingerprint density at radius 2 is 2.17 bits per heavy atom. The fraction of sp³-hybridized carbons (Fsp3) is 0.636. The van der Waals surface area contributed by atoms with Crippen molar-refractivity contribution >= 4 is 10.0 Å². The molecule has 2 N–H and O–H groups in total. The van der Waals surface area contributed by atoms with Crippen LogP contribution in [0.4, 0.5) is 0 Å². The second kappa shape index (κ2) is 5.40. The molecule has 0 aliphatic carbocycles. The van der Waals surface area contributed by atoms with Crippen LogP contribution in [0.15, 0.2) is 17.2 Å². The van der Waals surface area contributed by atoms with Crippen molar-refractivity contribution in [2.75, 3.05) is 26.3 Å². The highest BCUT2D eigenvalue weighted by Gasteiger charge is 2.26. The van der Waals surface area contributed by atoms with E-state index in [9.17, 15) is 8.42 Å². The lowest BCUT2D eigenvalue weighted by atomic mass is 10.4. The minimum atomic E-state index is -3.42. The van der Waals surface area contributed by atoms with E-state index in [1.807, 2.05) is 0 Å². The van der Waals surface area contributed by atoms with Gasteiger partial charge in [-0.05, 0) is 12.5 Å². The van der Waals surface area contributed by atoms with Crippen LogP contribution in [0.5, 0.6) is 0 Å². The van der Waals surface area contributed by atoms with Crippen molar-refractivity contribution in [2.45, 2.75) is 17.9 Å². The molecule has 1 saturated heterocycles. The summed E-state index contributed by atoms with van der Waals surface area (Å²) in [4.78, 5) is 0.312. The summed E-state index contributed by atoms with van der Waals surface area (Å²) in [7, 11) is -1.62. The van der Waals surface area contributed by atoms with E-state index in [2.05, 4.69) is 0 Å². The molecule has 2 heterocycles. The summed E-state index contributed by atoms with van der Waals surface area (Å²) in [5.74, 6) is 0. The van der Waals surface area contributed by atoms with Gasteiger partial charge in [0.2, 0.25) is 10.0 Å². The van der Waals surface area contributed by atoms with Gasteiger partial charge in [-0.3, -0.25) is 0 Å². The largest absolute Gasteiger partial charge is 0.380 e. The maximum Gasteiger partial charge on any atom is 0.244 e. The number of aryl methyl sites for hydroxylation is 1. The van der Waals surface area contributed by atoms with E-state index in [0.717, 1.165) is 12.1 Å². The van der Waals surface area contributed by atoms with Crippen LogP contribution in [0.1, 0.15) is 12.1 Å². The number of ether oxygens (including phenoxy) is 1. The predicted molar refractivity (Wildman–Crippen MR) is 67.5 cm³/mol. The minimum Gasteiger partial charge on any atom is -0.380 e. The van der Waals surface area contributed by atoms with Crippen molar-refractivity contribution in [2.24, 2.45) is 12.8 Å². The number of hydrogen-bond donors (Lipinski definition) is 1. The highest BCUT2D eigenvalue weighted by atomic mass is 32.2. The highest BCUT2D eigenvalue weighted by molar-refractivity contribution is 7.89. The zero-order valence-corrected chi connectivity index (χ0v) is 11.3. The van der Waals surface area contributed by atoms with Gasteiger partial charge >= 0.3 is 0 Å². The molecule has 2 rings (SSSR count). The molecule has 0 unspecified atom stereocenters. The van der Waals surface area contributed by atoms with E-state index in [-0.39, 0.29) is 0 Å². The molecule has 18 heavy (non-hydrogen) atoms. The molecule has 102 valence electrons. The molecule has 0 spiro atoms. The summed E-state index contributed by atoms with van der Waals surface area (Å²) in [6, 6.07) is 1.64. The standard InChI is InChI=1S/C11H19N3O3S/c1-13-9-11(7-10(13)8-12)18(15,16)14-3-2-5-17-6-4-14/h7,9H,2-6,8,12H2,1H3. The van der Waals surface area contributed by atoms with Gasteiger partial charge in [0.15, 0.2) is 0 Å². The molecule has 0 atom stereocenters. The van der Waals surface area contributed by atoms with Crippen LogP contribution < -0.4 is 5.73 Å². The third-order valence-electron chi connectivity index (χ3n) is 3.11. The molecule has 0 amide bonds. The molecule has 6 nitrogen and oxygen atoms in total. The van der Waals surface area contributed by atoms with Crippen LogP contribution in [0.3, 0.4) is 0 Å². The highest BCUT2D eigenvalue weighted by Crippen LogP contribution is 2.19. The number of rotatable bonds is 3. The molecule has 1 aliphatic heterocycles. The molecule has 1 aromatic rings. The lowest BCUT2D eigenvalue weighted by Gasteiger charge is -2.18. The van der Waals surface area contributed by atoms with Crippen LogP contribution in [0.25, 0.3) is 0 Å². The fourth-order valence-corrected chi connectivity index (χ4v) is 3.59. The van der Waals surface area contributed by atoms with Crippen molar-refractivity contribution in [3.8, 4) is 0 Å². The van der Waals surface area contributed by atoms with Gasteiger partial charge in [-0.15, -0.1) is 0 Å². The Labute approximate surface area is 107 Å². The molecule has 1 aromatic heterocycles. The van der Waals surface area contributed by atoms with Gasteiger partial charge in [0.05, 0.1) is 6.61 Å². The Morgan fingerprint density at radius 3 is 2.83 bits per heavy atom. The Kier molecular flexibility index (Phi) is 4.06. The van der Waals surface area contributed by atoms with E-state index in [4.69, 9.17) is 10.5 Å². The predicted octanol–water partition coefficient (Wildman–Crippen LogP) is -0.105. The summed E-state index contributed by atoms with van der Waals surface area (Å²) in [6.07, 6.45) is 2.35. The second-order valence-electron chi connectivity index (χ2n) is 4.35. The molecule has 1 fully saturated rings. The average molecular weight is 273 g/mol. The van der Waals surface area contributed by atoms with Crippen molar-refractivity contribution in [1.29, 1.82) is 0 Å². The summed E-state index contributed by atoms with van der Waals surface area (Å²) in [5, 5.41) is 0. The maximum absolute atomic E-state index is 12.4. The first-order chi connectivity index (χ1) is 8.55. The molecule has 1 aliphatic rings. The van der Waals surface area contributed by atoms with Gasteiger partial charge in [0.1, 0.15) is 4.90 Å². The number of hydrogen-bond acceptors (Lipinski definition) is 4. The normalized spacial score (nSPS) is 18.8. The van der Waals surface area contributed by atoms with Gasteiger partial charge in [-0.25, -0.2) is 8.42 Å². The monoisotopic (exact) mass is 273 g/mol. The summed E-state index contributed by atoms with van der Waals surface area (Å²) < 4.78 is 33.4. The molecule has 0 bridgehead atoms. The van der Waals surface area contributed by atoms with E-state index >= 15 is 0 Å². The quantitative estimate of drug-likeness (QED) is 0.834. The van der Waals surface area contributed by atoms with E-state index in [1.165, 1.54) is 4.31 Å². The second-order valence-corrected chi connectivity index (χ2v) is 6.29. The number of sulfonamides is 1. The van der Waals surface area contributed by atoms with Crippen LogP contribution in [-0.2, 0) is 28.4 Å². The van der Waals surface area contributed by atoms with E-state index in [0.29, 0.717) is 37.7 Å². The Balaban J connectivity index is 2.28. The number of aromatic nitrogens is 1. The Bertz CT molecular complexity index is 502. The van der Waals surface area contributed by atoms with E-state index < -0.39 is 10.0 Å². The van der Waals surface area contributed by atoms with Gasteiger partial charge in [0, 0.05) is 45.2 Å². The van der Waals surface area contributed by atoms with Crippen LogP contribution >= 0.6 is 0 Å². The van der Waals surface area contributed by atoms with Crippen LogP contribution in [0, 0.1) is 0 Å². The van der Waals surface area contributed by atoms with Crippen molar-refractivity contribution in [3.05, 3.63) is 18.0 Å². The molecular formula is C11H19N3O3S. The third kappa shape index (κ3) is 2.59. The molecule has 0 aromatic carbocycles. The molecule has 7 heteroatoms. The number of nitrogens with two attached hydrogens (primary N) is 1. The smallest absolute Gasteiger partial charge is 0.244 e.